The predicted molar refractivity (Wildman–Crippen MR) is 122 cm³/mol. The number of aromatic hydroxyl groups is 1. The van der Waals surface area contributed by atoms with Gasteiger partial charge in [0.05, 0.1) is 5.52 Å². The maximum atomic E-state index is 12.8. The second-order valence-corrected chi connectivity index (χ2v) is 8.75. The fourth-order valence-electron chi connectivity index (χ4n) is 3.44. The Bertz CT molecular complexity index is 1460. The highest BCUT2D eigenvalue weighted by atomic mass is 79.9. The van der Waals surface area contributed by atoms with Crippen LogP contribution in [0.15, 0.2) is 42.5 Å². The number of halogens is 1. The normalized spacial score (nSPS) is 12.2. The molecule has 0 saturated carbocycles. The summed E-state index contributed by atoms with van der Waals surface area (Å²) in [6, 6.07) is 5.48. The topological polar surface area (TPSA) is 123 Å². The third-order valence-corrected chi connectivity index (χ3v) is 5.70. The van der Waals surface area contributed by atoms with Crippen molar-refractivity contribution >= 4 is 49.6 Å². The molecular formula is C20H22BrN7O3. The van der Waals surface area contributed by atoms with Crippen molar-refractivity contribution in [2.24, 2.45) is 30.2 Å². The van der Waals surface area contributed by atoms with Gasteiger partial charge in [-0.15, -0.1) is 10.2 Å². The lowest BCUT2D eigenvalue weighted by atomic mass is 10.1. The van der Waals surface area contributed by atoms with Gasteiger partial charge in [0, 0.05) is 30.5 Å². The molecule has 2 N–H and O–H groups in total. The number of nitrogens with zero attached hydrogens (tertiary/aromatic N) is 6. The minimum absolute atomic E-state index is 0.120. The summed E-state index contributed by atoms with van der Waals surface area (Å²) >= 11 is 3.42. The molecule has 0 saturated heterocycles. The van der Waals surface area contributed by atoms with E-state index in [1.807, 2.05) is 18.2 Å². The summed E-state index contributed by atoms with van der Waals surface area (Å²) < 4.78 is 4.89. The number of hydrogen-bond donors (Lipinski definition) is 2. The number of azo groups is 1. The molecule has 4 rings (SSSR count). The number of aryl methyl sites for hydroxylation is 2. The zero-order valence-electron chi connectivity index (χ0n) is 17.5. The molecule has 3 heterocycles. The molecule has 1 aromatic carbocycles. The Kier molecular flexibility index (Phi) is 5.29. The zero-order valence-corrected chi connectivity index (χ0v) is 19.1. The maximum Gasteiger partial charge on any atom is 0.332 e. The quantitative estimate of drug-likeness (QED) is 0.415. The number of imidazole rings is 1. The number of benzene rings is 1. The van der Waals surface area contributed by atoms with Crippen LogP contribution in [0, 0.1) is 5.92 Å². The Morgan fingerprint density at radius 1 is 1.19 bits per heavy atom. The zero-order chi connectivity index (χ0) is 22.4. The molecule has 0 radical (unpaired) electrons. The molecule has 11 heteroatoms. The van der Waals surface area contributed by atoms with E-state index in [1.54, 1.807) is 11.6 Å². The van der Waals surface area contributed by atoms with E-state index in [2.05, 4.69) is 50.0 Å². The van der Waals surface area contributed by atoms with E-state index in [-0.39, 0.29) is 23.2 Å². The van der Waals surface area contributed by atoms with Gasteiger partial charge in [0.2, 0.25) is 5.88 Å². The fourth-order valence-corrected chi connectivity index (χ4v) is 3.80. The highest BCUT2D eigenvalue weighted by Gasteiger charge is 2.20. The number of fused-ring (bicyclic) bond motifs is 2. The monoisotopic (exact) mass is 487 g/mol. The van der Waals surface area contributed by atoms with E-state index in [1.165, 1.54) is 11.6 Å². The molecule has 0 fully saturated rings. The van der Waals surface area contributed by atoms with Crippen LogP contribution in [-0.2, 0) is 20.6 Å². The molecule has 0 aliphatic carbocycles. The summed E-state index contributed by atoms with van der Waals surface area (Å²) in [6.45, 7) is 4.65. The number of H-pyrrole nitrogens is 1. The van der Waals surface area contributed by atoms with Gasteiger partial charge in [-0.2, -0.15) is 4.98 Å². The van der Waals surface area contributed by atoms with Crippen molar-refractivity contribution in [2.45, 2.75) is 26.8 Å². The molecule has 10 nitrogen and oxygen atoms in total. The summed E-state index contributed by atoms with van der Waals surface area (Å²) in [4.78, 5) is 32.5. The lowest BCUT2D eigenvalue weighted by Crippen LogP contribution is -2.37. The van der Waals surface area contributed by atoms with Crippen LogP contribution >= 0.6 is 15.9 Å². The van der Waals surface area contributed by atoms with E-state index >= 15 is 0 Å². The first-order valence-electron chi connectivity index (χ1n) is 9.77. The molecule has 0 atom stereocenters. The number of aromatic nitrogens is 5. The number of rotatable bonds is 5. The Balaban J connectivity index is 1.92. The largest absolute Gasteiger partial charge is 0.493 e. The van der Waals surface area contributed by atoms with Crippen LogP contribution in [0.5, 0.6) is 5.88 Å². The van der Waals surface area contributed by atoms with Gasteiger partial charge in [-0.1, -0.05) is 29.8 Å². The summed E-state index contributed by atoms with van der Waals surface area (Å²) in [5.41, 5.74) is 0.616. The second kappa shape index (κ2) is 7.80. The van der Waals surface area contributed by atoms with Crippen LogP contribution in [-0.4, -0.2) is 28.8 Å². The van der Waals surface area contributed by atoms with E-state index in [4.69, 9.17) is 0 Å². The molecule has 0 aliphatic heterocycles. The van der Waals surface area contributed by atoms with E-state index in [0.717, 1.165) is 15.5 Å². The van der Waals surface area contributed by atoms with Crippen molar-refractivity contribution < 1.29 is 5.11 Å². The highest BCUT2D eigenvalue weighted by molar-refractivity contribution is 9.10. The van der Waals surface area contributed by atoms with E-state index in [9.17, 15) is 14.7 Å². The predicted octanol–water partition coefficient (Wildman–Crippen LogP) is 3.84. The van der Waals surface area contributed by atoms with Gasteiger partial charge in [-0.3, -0.25) is 13.9 Å². The first-order valence-corrected chi connectivity index (χ1v) is 10.6. The van der Waals surface area contributed by atoms with Crippen LogP contribution in [0.1, 0.15) is 20.3 Å². The standard InChI is InChI=1S/C20H22BrN7O3/c1-10(2)7-8-28-15-16(26(3)20(31)27(4)18(15)30)23-19(28)25-24-14-12-9-11(21)5-6-13(12)22-17(14)29/h5-6,9-10,22,29H,7-8H2,1-4H3. The van der Waals surface area contributed by atoms with Crippen molar-refractivity contribution in [1.82, 2.24) is 23.7 Å². The van der Waals surface area contributed by atoms with Gasteiger partial charge in [-0.25, -0.2) is 4.79 Å². The van der Waals surface area contributed by atoms with Crippen LogP contribution < -0.4 is 11.2 Å². The van der Waals surface area contributed by atoms with E-state index < -0.39 is 11.2 Å². The summed E-state index contributed by atoms with van der Waals surface area (Å²) in [5, 5.41) is 19.5. The molecule has 0 bridgehead atoms. The SMILES string of the molecule is CC(C)CCn1c(N=Nc2c(O)[nH]c3ccc(Br)cc23)nc2c1c(=O)n(C)c(=O)n2C. The van der Waals surface area contributed by atoms with E-state index in [0.29, 0.717) is 28.9 Å². The Morgan fingerprint density at radius 2 is 1.94 bits per heavy atom. The van der Waals surface area contributed by atoms with Crippen molar-refractivity contribution in [3.05, 3.63) is 43.5 Å². The number of hydrogen-bond acceptors (Lipinski definition) is 6. The molecule has 3 aromatic heterocycles. The first-order chi connectivity index (χ1) is 14.7. The van der Waals surface area contributed by atoms with Gasteiger partial charge in [0.1, 0.15) is 0 Å². The number of aromatic amines is 1. The van der Waals surface area contributed by atoms with Crippen molar-refractivity contribution in [3.8, 4) is 5.88 Å². The molecule has 31 heavy (non-hydrogen) atoms. The van der Waals surface area contributed by atoms with Crippen LogP contribution in [0.4, 0.5) is 11.6 Å². The molecule has 4 aromatic rings. The summed E-state index contributed by atoms with van der Waals surface area (Å²) in [6.07, 6.45) is 0.783. The third-order valence-electron chi connectivity index (χ3n) is 5.21. The van der Waals surface area contributed by atoms with Crippen molar-refractivity contribution in [1.29, 1.82) is 0 Å². The highest BCUT2D eigenvalue weighted by Crippen LogP contribution is 2.37. The minimum Gasteiger partial charge on any atom is -0.493 e. The molecular weight excluding hydrogens is 466 g/mol. The molecule has 0 amide bonds. The average Bonchev–Trinajstić information content (AvgIpc) is 3.24. The molecule has 0 spiro atoms. The van der Waals surface area contributed by atoms with Gasteiger partial charge in [-0.05, 0) is 30.5 Å². The Hall–Kier alpha value is -3.21. The lowest BCUT2D eigenvalue weighted by molar-refractivity contribution is 0.459. The molecule has 0 aliphatic rings. The first kappa shape index (κ1) is 21.0. The van der Waals surface area contributed by atoms with Crippen LogP contribution in [0.3, 0.4) is 0 Å². The van der Waals surface area contributed by atoms with Crippen molar-refractivity contribution in [3.63, 3.8) is 0 Å². The van der Waals surface area contributed by atoms with Crippen LogP contribution in [0.25, 0.3) is 22.1 Å². The third kappa shape index (κ3) is 3.58. The maximum absolute atomic E-state index is 12.8. The molecule has 162 valence electrons. The Morgan fingerprint density at radius 3 is 2.65 bits per heavy atom. The average molecular weight is 488 g/mol. The summed E-state index contributed by atoms with van der Waals surface area (Å²) in [7, 11) is 3.00. The smallest absolute Gasteiger partial charge is 0.332 e. The second-order valence-electron chi connectivity index (χ2n) is 7.84. The molecule has 0 unspecified atom stereocenters. The lowest BCUT2D eigenvalue weighted by Gasteiger charge is -2.09. The van der Waals surface area contributed by atoms with Gasteiger partial charge >= 0.3 is 5.69 Å². The minimum atomic E-state index is -0.464. The van der Waals surface area contributed by atoms with Gasteiger partial charge < -0.3 is 14.7 Å². The number of nitrogens with one attached hydrogen (secondary N) is 1. The van der Waals surface area contributed by atoms with Gasteiger partial charge in [0.15, 0.2) is 16.9 Å². The van der Waals surface area contributed by atoms with Gasteiger partial charge in [0.25, 0.3) is 11.5 Å². The summed E-state index contributed by atoms with van der Waals surface area (Å²) in [5.74, 6) is 0.455. The van der Waals surface area contributed by atoms with Crippen LogP contribution in [0.2, 0.25) is 0 Å². The fraction of sp³-hybridized carbons (Fsp3) is 0.350. The van der Waals surface area contributed by atoms with Crippen molar-refractivity contribution in [2.75, 3.05) is 0 Å². The Labute approximate surface area is 185 Å².